The first-order chi connectivity index (χ1) is 10.2. The Morgan fingerprint density at radius 2 is 1.95 bits per heavy atom. The molecule has 1 aliphatic heterocycles. The van der Waals surface area contributed by atoms with Crippen molar-refractivity contribution >= 4 is 36.0 Å². The third kappa shape index (κ3) is 8.65. The van der Waals surface area contributed by atoms with Gasteiger partial charge < -0.3 is 20.7 Å². The third-order valence-electron chi connectivity index (χ3n) is 3.67. The van der Waals surface area contributed by atoms with Crippen molar-refractivity contribution in [1.29, 1.82) is 0 Å². The summed E-state index contributed by atoms with van der Waals surface area (Å²) in [5.74, 6) is 0.529. The first kappa shape index (κ1) is 21.3. The molecule has 22 heavy (non-hydrogen) atoms. The van der Waals surface area contributed by atoms with Gasteiger partial charge in [0, 0.05) is 25.7 Å². The molecule has 0 aliphatic carbocycles. The van der Waals surface area contributed by atoms with E-state index in [0.29, 0.717) is 31.7 Å². The monoisotopic (exact) mass is 426 g/mol. The summed E-state index contributed by atoms with van der Waals surface area (Å²) >= 11 is 0. The molecule has 1 heterocycles. The highest BCUT2D eigenvalue weighted by molar-refractivity contribution is 14.0. The fraction of sp³-hybridized carbons (Fsp3) is 0.867. The van der Waals surface area contributed by atoms with Gasteiger partial charge in [-0.25, -0.2) is 4.79 Å². The van der Waals surface area contributed by atoms with Crippen LogP contribution in [0, 0.1) is 0 Å². The number of amides is 1. The number of likely N-dealkylation sites (tertiary alicyclic amines) is 1. The molecule has 1 fully saturated rings. The number of unbranched alkanes of at least 4 members (excludes halogenated alkanes) is 3. The number of hydrogen-bond acceptors (Lipinski definition) is 3. The van der Waals surface area contributed by atoms with Crippen LogP contribution < -0.4 is 11.1 Å². The number of halogens is 1. The highest BCUT2D eigenvalue weighted by Crippen LogP contribution is 2.11. The lowest BCUT2D eigenvalue weighted by Crippen LogP contribution is -2.48. The number of nitrogens with two attached hydrogens (primary N) is 1. The van der Waals surface area contributed by atoms with Gasteiger partial charge >= 0.3 is 6.09 Å². The normalized spacial score (nSPS) is 16.1. The topological polar surface area (TPSA) is 80.0 Å². The molecular weight excluding hydrogens is 395 g/mol. The SMILES string of the molecule is CCCCCCN=C(N)NC1CCN(C(=O)OCC)CC1.I. The maximum atomic E-state index is 11.6. The van der Waals surface area contributed by atoms with E-state index in [1.54, 1.807) is 4.90 Å². The van der Waals surface area contributed by atoms with Gasteiger partial charge in [-0.3, -0.25) is 4.99 Å². The van der Waals surface area contributed by atoms with Gasteiger partial charge in [-0.05, 0) is 26.2 Å². The number of guanidine groups is 1. The Bertz CT molecular complexity index is 332. The summed E-state index contributed by atoms with van der Waals surface area (Å²) in [7, 11) is 0. The summed E-state index contributed by atoms with van der Waals surface area (Å²) < 4.78 is 5.00. The predicted octanol–water partition coefficient (Wildman–Crippen LogP) is 2.71. The summed E-state index contributed by atoms with van der Waals surface area (Å²) in [6.07, 6.45) is 6.35. The van der Waals surface area contributed by atoms with E-state index >= 15 is 0 Å². The molecule has 1 amide bonds. The molecule has 0 unspecified atom stereocenters. The van der Waals surface area contributed by atoms with Gasteiger partial charge in [-0.2, -0.15) is 0 Å². The Balaban J connectivity index is 0.00000441. The maximum absolute atomic E-state index is 11.6. The minimum atomic E-state index is -0.214. The Morgan fingerprint density at radius 1 is 1.27 bits per heavy atom. The van der Waals surface area contributed by atoms with Gasteiger partial charge in [0.05, 0.1) is 6.61 Å². The molecule has 3 N–H and O–H groups in total. The second-order valence-electron chi connectivity index (χ2n) is 5.43. The molecule has 7 heteroatoms. The fourth-order valence-electron chi connectivity index (χ4n) is 2.41. The molecule has 0 spiro atoms. The van der Waals surface area contributed by atoms with Gasteiger partial charge in [0.1, 0.15) is 0 Å². The van der Waals surface area contributed by atoms with Gasteiger partial charge in [-0.15, -0.1) is 24.0 Å². The minimum Gasteiger partial charge on any atom is -0.450 e. The first-order valence-corrected chi connectivity index (χ1v) is 8.15. The molecule has 0 aromatic carbocycles. The van der Waals surface area contributed by atoms with Crippen LogP contribution in [0.5, 0.6) is 0 Å². The lowest BCUT2D eigenvalue weighted by molar-refractivity contribution is 0.0963. The van der Waals surface area contributed by atoms with Gasteiger partial charge in [0.15, 0.2) is 5.96 Å². The second kappa shape index (κ2) is 12.8. The molecule has 0 saturated carbocycles. The van der Waals surface area contributed by atoms with Crippen LogP contribution in [0.25, 0.3) is 0 Å². The van der Waals surface area contributed by atoms with Crippen molar-refractivity contribution in [3.63, 3.8) is 0 Å². The third-order valence-corrected chi connectivity index (χ3v) is 3.67. The Hall–Kier alpha value is -0.730. The van der Waals surface area contributed by atoms with E-state index in [1.165, 1.54) is 19.3 Å². The van der Waals surface area contributed by atoms with Crippen molar-refractivity contribution in [3.8, 4) is 0 Å². The molecule has 0 atom stereocenters. The Kier molecular flexibility index (Phi) is 12.4. The number of carbonyl (C=O) groups is 1. The standard InChI is InChI=1S/C15H30N4O2.HI/c1-3-5-6-7-10-17-14(16)18-13-8-11-19(12-9-13)15(20)21-4-2;/h13H,3-12H2,1-2H3,(H3,16,17,18);1H. The molecule has 1 saturated heterocycles. The lowest BCUT2D eigenvalue weighted by atomic mass is 10.1. The zero-order chi connectivity index (χ0) is 15.5. The van der Waals surface area contributed by atoms with Crippen molar-refractivity contribution in [2.24, 2.45) is 10.7 Å². The van der Waals surface area contributed by atoms with Crippen molar-refractivity contribution in [3.05, 3.63) is 0 Å². The van der Waals surface area contributed by atoms with E-state index in [2.05, 4.69) is 17.2 Å². The average molecular weight is 426 g/mol. The highest BCUT2D eigenvalue weighted by atomic mass is 127. The smallest absolute Gasteiger partial charge is 0.409 e. The van der Waals surface area contributed by atoms with E-state index < -0.39 is 0 Å². The van der Waals surface area contributed by atoms with Gasteiger partial charge in [-0.1, -0.05) is 26.2 Å². The number of hydrogen-bond donors (Lipinski definition) is 2. The first-order valence-electron chi connectivity index (χ1n) is 8.15. The summed E-state index contributed by atoms with van der Waals surface area (Å²) in [6, 6.07) is 0.301. The molecule has 0 aromatic heterocycles. The molecule has 0 aromatic rings. The Labute approximate surface area is 151 Å². The Morgan fingerprint density at radius 3 is 2.55 bits per heavy atom. The van der Waals surface area contributed by atoms with Crippen molar-refractivity contribution < 1.29 is 9.53 Å². The van der Waals surface area contributed by atoms with E-state index in [4.69, 9.17) is 10.5 Å². The number of nitrogens with zero attached hydrogens (tertiary/aromatic N) is 2. The fourth-order valence-corrected chi connectivity index (χ4v) is 2.41. The van der Waals surface area contributed by atoms with Gasteiger partial charge in [0.25, 0.3) is 0 Å². The lowest BCUT2D eigenvalue weighted by Gasteiger charge is -2.31. The van der Waals surface area contributed by atoms with Gasteiger partial charge in [0.2, 0.25) is 0 Å². The van der Waals surface area contributed by atoms with Crippen LogP contribution in [0.1, 0.15) is 52.4 Å². The van der Waals surface area contributed by atoms with E-state index in [1.807, 2.05) is 6.92 Å². The van der Waals surface area contributed by atoms with Crippen molar-refractivity contribution in [1.82, 2.24) is 10.2 Å². The van der Waals surface area contributed by atoms with Crippen LogP contribution >= 0.6 is 24.0 Å². The number of carbonyl (C=O) groups excluding carboxylic acids is 1. The van der Waals surface area contributed by atoms with Crippen LogP contribution in [0.3, 0.4) is 0 Å². The zero-order valence-electron chi connectivity index (χ0n) is 13.8. The van der Waals surface area contributed by atoms with E-state index in [-0.39, 0.29) is 30.1 Å². The quantitative estimate of drug-likeness (QED) is 0.284. The van der Waals surface area contributed by atoms with Crippen LogP contribution in [0.2, 0.25) is 0 Å². The van der Waals surface area contributed by atoms with E-state index in [0.717, 1.165) is 25.8 Å². The number of ether oxygens (including phenoxy) is 1. The van der Waals surface area contributed by atoms with Crippen LogP contribution in [0.15, 0.2) is 4.99 Å². The summed E-state index contributed by atoms with van der Waals surface area (Å²) in [5, 5.41) is 3.25. The van der Waals surface area contributed by atoms with E-state index in [9.17, 15) is 4.79 Å². The van der Waals surface area contributed by atoms with Crippen molar-refractivity contribution in [2.75, 3.05) is 26.2 Å². The van der Waals surface area contributed by atoms with Crippen LogP contribution in [0.4, 0.5) is 4.79 Å². The number of rotatable bonds is 7. The molecule has 1 rings (SSSR count). The largest absolute Gasteiger partial charge is 0.450 e. The average Bonchev–Trinajstić information content (AvgIpc) is 2.48. The molecular formula is C15H31IN4O2. The molecule has 6 nitrogen and oxygen atoms in total. The predicted molar refractivity (Wildman–Crippen MR) is 101 cm³/mol. The van der Waals surface area contributed by atoms with Crippen LogP contribution in [-0.4, -0.2) is 49.2 Å². The second-order valence-corrected chi connectivity index (χ2v) is 5.43. The van der Waals surface area contributed by atoms with Crippen molar-refractivity contribution in [2.45, 2.75) is 58.4 Å². The maximum Gasteiger partial charge on any atom is 0.409 e. The summed E-state index contributed by atoms with van der Waals surface area (Å²) in [4.78, 5) is 17.7. The molecule has 1 aliphatic rings. The zero-order valence-corrected chi connectivity index (χ0v) is 16.2. The molecule has 130 valence electrons. The number of nitrogens with one attached hydrogen (secondary N) is 1. The van der Waals surface area contributed by atoms with Crippen LogP contribution in [-0.2, 0) is 4.74 Å². The summed E-state index contributed by atoms with van der Waals surface area (Å²) in [5.41, 5.74) is 5.90. The molecule has 0 bridgehead atoms. The highest BCUT2D eigenvalue weighted by Gasteiger charge is 2.23. The summed E-state index contributed by atoms with van der Waals surface area (Å²) in [6.45, 7) is 6.65. The minimum absolute atomic E-state index is 0. The molecule has 0 radical (unpaired) electrons. The number of piperidine rings is 1. The number of aliphatic imine (C=N–C) groups is 1.